The van der Waals surface area contributed by atoms with Crippen molar-refractivity contribution in [3.05, 3.63) is 0 Å². The highest BCUT2D eigenvalue weighted by Gasteiger charge is 2.21. The third-order valence-electron chi connectivity index (χ3n) is 3.26. The number of hydrogen-bond donors (Lipinski definition) is 2. The van der Waals surface area contributed by atoms with E-state index in [1.807, 2.05) is 0 Å². The molecule has 0 aliphatic heterocycles. The van der Waals surface area contributed by atoms with Crippen LogP contribution in [0, 0.1) is 0 Å². The van der Waals surface area contributed by atoms with Crippen molar-refractivity contribution in [1.29, 1.82) is 0 Å². The van der Waals surface area contributed by atoms with E-state index in [-0.39, 0.29) is 12.2 Å². The van der Waals surface area contributed by atoms with Gasteiger partial charge in [-0.2, -0.15) is 0 Å². The van der Waals surface area contributed by atoms with Crippen molar-refractivity contribution in [1.82, 2.24) is 5.32 Å². The van der Waals surface area contributed by atoms with E-state index in [2.05, 4.69) is 19.2 Å². The summed E-state index contributed by atoms with van der Waals surface area (Å²) >= 11 is 0. The summed E-state index contributed by atoms with van der Waals surface area (Å²) in [6.07, 6.45) is 8.71. The maximum Gasteiger partial charge on any atom is 0.0897 e. The standard InChI is InChI=1S/C14H29NO2/c1-3-4-5-6-7-12(2)17-11-14(16)10-15-13-8-9-13/h12-16H,3-11H2,1-2H3. The van der Waals surface area contributed by atoms with Gasteiger partial charge in [0.15, 0.2) is 0 Å². The molecule has 0 spiro atoms. The first-order valence-corrected chi connectivity index (χ1v) is 7.25. The molecule has 0 aromatic heterocycles. The molecule has 0 heterocycles. The molecule has 0 aromatic carbocycles. The first kappa shape index (κ1) is 14.9. The second kappa shape index (κ2) is 8.90. The maximum atomic E-state index is 9.70. The van der Waals surface area contributed by atoms with Crippen molar-refractivity contribution >= 4 is 0 Å². The minimum atomic E-state index is -0.353. The van der Waals surface area contributed by atoms with E-state index < -0.39 is 0 Å². The van der Waals surface area contributed by atoms with Crippen LogP contribution in [0.3, 0.4) is 0 Å². The van der Waals surface area contributed by atoms with Gasteiger partial charge in [-0.15, -0.1) is 0 Å². The lowest BCUT2D eigenvalue weighted by molar-refractivity contribution is -0.00504. The zero-order valence-electron chi connectivity index (χ0n) is 11.5. The molecule has 1 rings (SSSR count). The summed E-state index contributed by atoms with van der Waals surface area (Å²) in [5, 5.41) is 13.0. The molecule has 1 aliphatic carbocycles. The SMILES string of the molecule is CCCCCCC(C)OCC(O)CNC1CC1. The predicted molar refractivity (Wildman–Crippen MR) is 71.2 cm³/mol. The Labute approximate surface area is 106 Å². The molecule has 2 N–H and O–H groups in total. The summed E-state index contributed by atoms with van der Waals surface area (Å²) in [6, 6.07) is 0.663. The minimum absolute atomic E-state index is 0.280. The van der Waals surface area contributed by atoms with Crippen LogP contribution in [0.15, 0.2) is 0 Å². The van der Waals surface area contributed by atoms with Crippen LogP contribution in [-0.2, 0) is 4.74 Å². The van der Waals surface area contributed by atoms with Crippen molar-refractivity contribution in [2.75, 3.05) is 13.2 Å². The lowest BCUT2D eigenvalue weighted by Crippen LogP contribution is -2.32. The Morgan fingerprint density at radius 1 is 1.29 bits per heavy atom. The van der Waals surface area contributed by atoms with Gasteiger partial charge < -0.3 is 15.2 Å². The van der Waals surface area contributed by atoms with E-state index in [4.69, 9.17) is 4.74 Å². The van der Waals surface area contributed by atoms with Gasteiger partial charge in [-0.3, -0.25) is 0 Å². The van der Waals surface area contributed by atoms with Gasteiger partial charge in [0.25, 0.3) is 0 Å². The van der Waals surface area contributed by atoms with Gasteiger partial charge in [-0.05, 0) is 26.2 Å². The first-order valence-electron chi connectivity index (χ1n) is 7.25. The average Bonchev–Trinajstić information content (AvgIpc) is 3.13. The number of aliphatic hydroxyl groups is 1. The molecule has 1 fully saturated rings. The van der Waals surface area contributed by atoms with Crippen LogP contribution in [-0.4, -0.2) is 36.5 Å². The highest BCUT2D eigenvalue weighted by Crippen LogP contribution is 2.18. The summed E-state index contributed by atoms with van der Waals surface area (Å²) in [6.45, 7) is 5.47. The molecule has 3 nitrogen and oxygen atoms in total. The molecule has 0 radical (unpaired) electrons. The second-order valence-electron chi connectivity index (χ2n) is 5.33. The van der Waals surface area contributed by atoms with Gasteiger partial charge in [0.05, 0.1) is 18.8 Å². The number of rotatable bonds is 11. The molecular formula is C14H29NO2. The van der Waals surface area contributed by atoms with Crippen molar-refractivity contribution in [3.63, 3.8) is 0 Å². The van der Waals surface area contributed by atoms with Gasteiger partial charge >= 0.3 is 0 Å². The van der Waals surface area contributed by atoms with Crippen molar-refractivity contribution in [2.45, 2.75) is 77.0 Å². The topological polar surface area (TPSA) is 41.5 Å². The van der Waals surface area contributed by atoms with Crippen molar-refractivity contribution in [3.8, 4) is 0 Å². The lowest BCUT2D eigenvalue weighted by Gasteiger charge is -2.16. The molecule has 102 valence electrons. The lowest BCUT2D eigenvalue weighted by atomic mass is 10.1. The zero-order valence-corrected chi connectivity index (χ0v) is 11.5. The van der Waals surface area contributed by atoms with Gasteiger partial charge in [0.2, 0.25) is 0 Å². The zero-order chi connectivity index (χ0) is 12.5. The van der Waals surface area contributed by atoms with E-state index in [0.29, 0.717) is 19.2 Å². The molecule has 0 bridgehead atoms. The van der Waals surface area contributed by atoms with E-state index in [1.54, 1.807) is 0 Å². The fraction of sp³-hybridized carbons (Fsp3) is 1.00. The molecular weight excluding hydrogens is 214 g/mol. The Morgan fingerprint density at radius 3 is 2.71 bits per heavy atom. The van der Waals surface area contributed by atoms with E-state index in [1.165, 1.54) is 38.5 Å². The largest absolute Gasteiger partial charge is 0.389 e. The van der Waals surface area contributed by atoms with E-state index in [9.17, 15) is 5.11 Å². The molecule has 2 atom stereocenters. The third-order valence-corrected chi connectivity index (χ3v) is 3.26. The Hall–Kier alpha value is -0.120. The summed E-state index contributed by atoms with van der Waals surface area (Å²) in [7, 11) is 0. The molecule has 0 aromatic rings. The quantitative estimate of drug-likeness (QED) is 0.548. The van der Waals surface area contributed by atoms with Crippen LogP contribution in [0.25, 0.3) is 0 Å². The predicted octanol–water partition coefficient (Wildman–Crippen LogP) is 2.47. The summed E-state index contributed by atoms with van der Waals surface area (Å²) in [5.74, 6) is 0. The first-order chi connectivity index (χ1) is 8.22. The maximum absolute atomic E-state index is 9.70. The molecule has 0 saturated heterocycles. The molecule has 3 heteroatoms. The normalized spacial score (nSPS) is 19.2. The van der Waals surface area contributed by atoms with Gasteiger partial charge in [-0.25, -0.2) is 0 Å². The van der Waals surface area contributed by atoms with Crippen molar-refractivity contribution in [2.24, 2.45) is 0 Å². The number of ether oxygens (including phenoxy) is 1. The molecule has 0 amide bonds. The van der Waals surface area contributed by atoms with E-state index in [0.717, 1.165) is 6.42 Å². The number of nitrogens with one attached hydrogen (secondary N) is 1. The molecule has 1 saturated carbocycles. The van der Waals surface area contributed by atoms with Crippen LogP contribution in [0.4, 0.5) is 0 Å². The summed E-state index contributed by atoms with van der Waals surface area (Å²) in [4.78, 5) is 0. The summed E-state index contributed by atoms with van der Waals surface area (Å²) < 4.78 is 5.65. The second-order valence-corrected chi connectivity index (χ2v) is 5.33. The Balaban J connectivity index is 1.88. The Kier molecular flexibility index (Phi) is 7.82. The van der Waals surface area contributed by atoms with Crippen molar-refractivity contribution < 1.29 is 9.84 Å². The smallest absolute Gasteiger partial charge is 0.0897 e. The third kappa shape index (κ3) is 8.58. The van der Waals surface area contributed by atoms with Crippen LogP contribution < -0.4 is 5.32 Å². The average molecular weight is 243 g/mol. The number of aliphatic hydroxyl groups excluding tert-OH is 1. The van der Waals surface area contributed by atoms with Gasteiger partial charge in [0, 0.05) is 12.6 Å². The monoisotopic (exact) mass is 243 g/mol. The fourth-order valence-electron chi connectivity index (χ4n) is 1.87. The highest BCUT2D eigenvalue weighted by molar-refractivity contribution is 4.81. The summed E-state index contributed by atoms with van der Waals surface area (Å²) in [5.41, 5.74) is 0. The molecule has 17 heavy (non-hydrogen) atoms. The van der Waals surface area contributed by atoms with Crippen LogP contribution in [0.5, 0.6) is 0 Å². The Morgan fingerprint density at radius 2 is 2.06 bits per heavy atom. The fourth-order valence-corrected chi connectivity index (χ4v) is 1.87. The number of hydrogen-bond acceptors (Lipinski definition) is 3. The highest BCUT2D eigenvalue weighted by atomic mass is 16.5. The van der Waals surface area contributed by atoms with E-state index >= 15 is 0 Å². The van der Waals surface area contributed by atoms with Crippen LogP contribution in [0.2, 0.25) is 0 Å². The van der Waals surface area contributed by atoms with Crippen LogP contribution in [0.1, 0.15) is 58.8 Å². The van der Waals surface area contributed by atoms with Crippen LogP contribution >= 0.6 is 0 Å². The molecule has 1 aliphatic rings. The minimum Gasteiger partial charge on any atom is -0.389 e. The van der Waals surface area contributed by atoms with Gasteiger partial charge in [0.1, 0.15) is 0 Å². The Bertz CT molecular complexity index is 183. The number of unbranched alkanes of at least 4 members (excludes halogenated alkanes) is 3. The molecule has 2 unspecified atom stereocenters. The van der Waals surface area contributed by atoms with Gasteiger partial charge in [-0.1, -0.05) is 32.6 Å².